The van der Waals surface area contributed by atoms with Gasteiger partial charge in [0.1, 0.15) is 0 Å². The number of rotatable bonds is 1. The summed E-state index contributed by atoms with van der Waals surface area (Å²) in [4.78, 5) is 4.63. The number of aromatic nitrogens is 1. The summed E-state index contributed by atoms with van der Waals surface area (Å²) in [5.74, 6) is 0.627. The molecule has 0 aliphatic carbocycles. The Bertz CT molecular complexity index is 527. The molecule has 1 aliphatic heterocycles. The average Bonchev–Trinajstić information content (AvgIpc) is 2.39. The van der Waals surface area contributed by atoms with Crippen LogP contribution in [0.3, 0.4) is 0 Å². The molecule has 1 fully saturated rings. The Balaban J connectivity index is 2.09. The molecule has 2 aromatic rings. The van der Waals surface area contributed by atoms with Crippen LogP contribution in [0.5, 0.6) is 0 Å². The second kappa shape index (κ2) is 4.46. The van der Waals surface area contributed by atoms with Gasteiger partial charge in [-0.1, -0.05) is 18.2 Å². The molecule has 2 heteroatoms. The molecule has 88 valence electrons. The van der Waals surface area contributed by atoms with Gasteiger partial charge in [0.2, 0.25) is 0 Å². The van der Waals surface area contributed by atoms with Crippen LogP contribution < -0.4 is 5.32 Å². The average molecular weight is 226 g/mol. The lowest BCUT2D eigenvalue weighted by Gasteiger charge is -2.23. The smallest absolute Gasteiger partial charge is 0.0737 e. The van der Waals surface area contributed by atoms with Gasteiger partial charge in [-0.3, -0.25) is 4.98 Å². The minimum atomic E-state index is 0.627. The van der Waals surface area contributed by atoms with Gasteiger partial charge in [-0.25, -0.2) is 0 Å². The van der Waals surface area contributed by atoms with Crippen molar-refractivity contribution in [3.8, 4) is 0 Å². The van der Waals surface area contributed by atoms with E-state index in [0.717, 1.165) is 13.1 Å². The first-order chi connectivity index (χ1) is 8.34. The molecule has 0 bridgehead atoms. The molecule has 0 spiro atoms. The number of benzene rings is 1. The Morgan fingerprint density at radius 3 is 3.12 bits per heavy atom. The predicted molar refractivity (Wildman–Crippen MR) is 71.3 cm³/mol. The zero-order valence-corrected chi connectivity index (χ0v) is 10.2. The Hall–Kier alpha value is -1.41. The van der Waals surface area contributed by atoms with E-state index >= 15 is 0 Å². The maximum atomic E-state index is 4.63. The van der Waals surface area contributed by atoms with Crippen molar-refractivity contribution in [3.63, 3.8) is 0 Å². The van der Waals surface area contributed by atoms with Gasteiger partial charge in [0.25, 0.3) is 0 Å². The first-order valence-electron chi connectivity index (χ1n) is 6.40. The zero-order valence-electron chi connectivity index (χ0n) is 10.2. The van der Waals surface area contributed by atoms with Gasteiger partial charge < -0.3 is 5.32 Å². The van der Waals surface area contributed by atoms with E-state index in [1.54, 1.807) is 0 Å². The number of piperidine rings is 1. The van der Waals surface area contributed by atoms with E-state index < -0.39 is 0 Å². The molecule has 1 saturated heterocycles. The van der Waals surface area contributed by atoms with Crippen molar-refractivity contribution in [3.05, 3.63) is 41.6 Å². The van der Waals surface area contributed by atoms with Crippen LogP contribution in [-0.4, -0.2) is 18.1 Å². The number of aryl methyl sites for hydroxylation is 1. The van der Waals surface area contributed by atoms with Gasteiger partial charge in [-0.15, -0.1) is 0 Å². The molecule has 1 aromatic carbocycles. The molecule has 0 radical (unpaired) electrons. The summed E-state index contributed by atoms with van der Waals surface area (Å²) < 4.78 is 0. The van der Waals surface area contributed by atoms with Gasteiger partial charge in [0, 0.05) is 18.1 Å². The van der Waals surface area contributed by atoms with Crippen molar-refractivity contribution >= 4 is 10.9 Å². The highest BCUT2D eigenvalue weighted by atomic mass is 14.9. The maximum absolute atomic E-state index is 4.63. The lowest BCUT2D eigenvalue weighted by atomic mass is 9.90. The quantitative estimate of drug-likeness (QED) is 0.808. The maximum Gasteiger partial charge on any atom is 0.0737 e. The normalized spacial score (nSPS) is 20.6. The fourth-order valence-electron chi connectivity index (χ4n) is 2.74. The van der Waals surface area contributed by atoms with Crippen LogP contribution >= 0.6 is 0 Å². The van der Waals surface area contributed by atoms with Gasteiger partial charge in [0.05, 0.1) is 5.52 Å². The van der Waals surface area contributed by atoms with Crippen molar-refractivity contribution in [2.45, 2.75) is 25.7 Å². The first kappa shape index (κ1) is 10.7. The minimum absolute atomic E-state index is 0.627. The fourth-order valence-corrected chi connectivity index (χ4v) is 2.74. The second-order valence-electron chi connectivity index (χ2n) is 4.97. The Morgan fingerprint density at radius 2 is 2.29 bits per heavy atom. The van der Waals surface area contributed by atoms with Crippen molar-refractivity contribution in [1.82, 2.24) is 10.3 Å². The summed E-state index contributed by atoms with van der Waals surface area (Å²) >= 11 is 0. The highest BCUT2D eigenvalue weighted by Gasteiger charge is 2.17. The summed E-state index contributed by atoms with van der Waals surface area (Å²) in [6.07, 6.45) is 4.52. The number of nitrogens with one attached hydrogen (secondary N) is 1. The second-order valence-corrected chi connectivity index (χ2v) is 4.97. The van der Waals surface area contributed by atoms with Crippen molar-refractivity contribution < 1.29 is 0 Å². The third-order valence-corrected chi connectivity index (χ3v) is 3.62. The van der Waals surface area contributed by atoms with Crippen LogP contribution in [0.25, 0.3) is 10.9 Å². The monoisotopic (exact) mass is 226 g/mol. The van der Waals surface area contributed by atoms with Gasteiger partial charge >= 0.3 is 0 Å². The Morgan fingerprint density at radius 1 is 1.35 bits per heavy atom. The summed E-state index contributed by atoms with van der Waals surface area (Å²) in [6, 6.07) is 8.78. The first-order valence-corrected chi connectivity index (χ1v) is 6.40. The lowest BCUT2D eigenvalue weighted by Crippen LogP contribution is -2.28. The number of pyridine rings is 1. The van der Waals surface area contributed by atoms with E-state index in [2.05, 4.69) is 41.5 Å². The molecule has 2 heterocycles. The fraction of sp³-hybridized carbons (Fsp3) is 0.400. The largest absolute Gasteiger partial charge is 0.316 e. The molecular weight excluding hydrogens is 208 g/mol. The SMILES string of the molecule is Cc1cnc2c([C@H]3CCCNC3)cccc2c1. The van der Waals surface area contributed by atoms with Crippen molar-refractivity contribution in [1.29, 1.82) is 0 Å². The Labute approximate surface area is 102 Å². The molecule has 0 saturated carbocycles. The molecule has 1 aliphatic rings. The van der Waals surface area contributed by atoms with E-state index in [1.165, 1.54) is 34.9 Å². The molecule has 17 heavy (non-hydrogen) atoms. The van der Waals surface area contributed by atoms with Crippen LogP contribution in [0, 0.1) is 6.92 Å². The van der Waals surface area contributed by atoms with Crippen LogP contribution in [-0.2, 0) is 0 Å². The molecule has 1 N–H and O–H groups in total. The van der Waals surface area contributed by atoms with Crippen molar-refractivity contribution in [2.24, 2.45) is 0 Å². The van der Waals surface area contributed by atoms with Crippen LogP contribution in [0.4, 0.5) is 0 Å². The summed E-state index contributed by atoms with van der Waals surface area (Å²) in [5.41, 5.74) is 3.83. The highest BCUT2D eigenvalue weighted by Crippen LogP contribution is 2.28. The van der Waals surface area contributed by atoms with E-state index in [0.29, 0.717) is 5.92 Å². The third kappa shape index (κ3) is 2.05. The number of nitrogens with zero attached hydrogens (tertiary/aromatic N) is 1. The van der Waals surface area contributed by atoms with E-state index in [9.17, 15) is 0 Å². The number of para-hydroxylation sites is 1. The van der Waals surface area contributed by atoms with Gasteiger partial charge in [-0.05, 0) is 49.4 Å². The topological polar surface area (TPSA) is 24.9 Å². The third-order valence-electron chi connectivity index (χ3n) is 3.62. The lowest BCUT2D eigenvalue weighted by molar-refractivity contribution is 0.463. The number of hydrogen-bond donors (Lipinski definition) is 1. The minimum Gasteiger partial charge on any atom is -0.316 e. The van der Waals surface area contributed by atoms with Crippen LogP contribution in [0.15, 0.2) is 30.5 Å². The van der Waals surface area contributed by atoms with Gasteiger partial charge in [0.15, 0.2) is 0 Å². The summed E-state index contributed by atoms with van der Waals surface area (Å²) in [6.45, 7) is 4.35. The van der Waals surface area contributed by atoms with Crippen molar-refractivity contribution in [2.75, 3.05) is 13.1 Å². The molecule has 0 unspecified atom stereocenters. The summed E-state index contributed by atoms with van der Waals surface area (Å²) in [7, 11) is 0. The Kier molecular flexibility index (Phi) is 2.81. The predicted octanol–water partition coefficient (Wildman–Crippen LogP) is 3.01. The molecule has 1 aromatic heterocycles. The van der Waals surface area contributed by atoms with E-state index in [4.69, 9.17) is 0 Å². The molecule has 3 rings (SSSR count). The molecule has 0 amide bonds. The number of hydrogen-bond acceptors (Lipinski definition) is 2. The standard InChI is InChI=1S/C15H18N2/c1-11-8-12-4-2-6-14(15(12)17-9-11)13-5-3-7-16-10-13/h2,4,6,8-9,13,16H,3,5,7,10H2,1H3/t13-/m0/s1. The zero-order chi connectivity index (χ0) is 11.7. The van der Waals surface area contributed by atoms with E-state index in [-0.39, 0.29) is 0 Å². The van der Waals surface area contributed by atoms with Crippen LogP contribution in [0.2, 0.25) is 0 Å². The molecule has 2 nitrogen and oxygen atoms in total. The molecule has 1 atom stereocenters. The van der Waals surface area contributed by atoms with Gasteiger partial charge in [-0.2, -0.15) is 0 Å². The highest BCUT2D eigenvalue weighted by molar-refractivity contribution is 5.82. The van der Waals surface area contributed by atoms with E-state index in [1.807, 2.05) is 6.20 Å². The summed E-state index contributed by atoms with van der Waals surface area (Å²) in [5, 5.41) is 4.75. The molecular formula is C15H18N2. The number of fused-ring (bicyclic) bond motifs is 1. The van der Waals surface area contributed by atoms with Crippen LogP contribution in [0.1, 0.15) is 29.9 Å².